The fraction of sp³-hybridized carbons (Fsp3) is 0.455. The summed E-state index contributed by atoms with van der Waals surface area (Å²) in [5.74, 6) is 0.706. The van der Waals surface area contributed by atoms with Crippen LogP contribution < -0.4 is 0 Å². The number of hydrogen-bond donors (Lipinski definition) is 0. The maximum atomic E-state index is 12.7. The molecular weight excluding hydrogens is 181 g/mol. The molecule has 0 radical (unpaired) electrons. The molecule has 0 saturated carbocycles. The lowest BCUT2D eigenvalue weighted by Gasteiger charge is -2.26. The van der Waals surface area contributed by atoms with Crippen LogP contribution in [0.4, 0.5) is 4.48 Å². The molecule has 0 unspecified atom stereocenters. The maximum Gasteiger partial charge on any atom is 0.119 e. The molecule has 0 atom stereocenters. The van der Waals surface area contributed by atoms with E-state index in [0.29, 0.717) is 18.8 Å². The fourth-order valence-electron chi connectivity index (χ4n) is 1.41. The van der Waals surface area contributed by atoms with Crippen LogP contribution in [0.1, 0.15) is 12.8 Å². The molecule has 1 aliphatic heterocycles. The number of hydrogen-bond acceptors (Lipinski definition) is 2. The van der Waals surface area contributed by atoms with Gasteiger partial charge in [0.2, 0.25) is 0 Å². The van der Waals surface area contributed by atoms with Gasteiger partial charge >= 0.3 is 0 Å². The van der Waals surface area contributed by atoms with Crippen LogP contribution in [0.2, 0.25) is 0 Å². The first-order valence-corrected chi connectivity index (χ1v) is 4.78. The highest BCUT2D eigenvalue weighted by Crippen LogP contribution is 2.17. The molecule has 1 saturated heterocycles. The summed E-state index contributed by atoms with van der Waals surface area (Å²) in [7, 11) is 0. The summed E-state index contributed by atoms with van der Waals surface area (Å²) >= 11 is 0. The van der Waals surface area contributed by atoms with Gasteiger partial charge in [0.05, 0.1) is 0 Å². The Kier molecular flexibility index (Phi) is 4.40. The molecule has 0 amide bonds. The number of nitrogens with zero attached hydrogens (tertiary/aromatic N) is 1. The van der Waals surface area contributed by atoms with Crippen molar-refractivity contribution < 1.29 is 9.22 Å². The van der Waals surface area contributed by atoms with Gasteiger partial charge in [-0.25, -0.2) is 0 Å². The molecule has 1 fully saturated rings. The van der Waals surface area contributed by atoms with E-state index in [9.17, 15) is 4.48 Å². The zero-order valence-corrected chi connectivity index (χ0v) is 8.29. The zero-order valence-electron chi connectivity index (χ0n) is 8.29. The van der Waals surface area contributed by atoms with Crippen molar-refractivity contribution in [2.24, 2.45) is 0 Å². The van der Waals surface area contributed by atoms with Crippen LogP contribution >= 0.6 is 0 Å². The Morgan fingerprint density at radius 1 is 1.36 bits per heavy atom. The highest BCUT2D eigenvalue weighted by atomic mass is 19.2. The Balaban J connectivity index is 2.39. The largest absolute Gasteiger partial charge is 0.490 e. The van der Waals surface area contributed by atoms with Gasteiger partial charge in [0, 0.05) is 13.1 Å². The summed E-state index contributed by atoms with van der Waals surface area (Å²) in [6.07, 6.45) is 6.60. The Bertz CT molecular complexity index is 229. The van der Waals surface area contributed by atoms with E-state index in [2.05, 4.69) is 13.2 Å². The molecule has 1 aliphatic rings. The molecule has 0 aromatic carbocycles. The maximum absolute atomic E-state index is 12.7. The summed E-state index contributed by atoms with van der Waals surface area (Å²) in [6.45, 7) is 8.11. The predicted octanol–water partition coefficient (Wildman–Crippen LogP) is 2.61. The molecule has 0 aromatic heterocycles. The Labute approximate surface area is 84.3 Å². The average Bonchev–Trinajstić information content (AvgIpc) is 2.20. The molecule has 0 aromatic rings. The monoisotopic (exact) mass is 197 g/mol. The van der Waals surface area contributed by atoms with Crippen molar-refractivity contribution in [1.82, 2.24) is 5.12 Å². The summed E-state index contributed by atoms with van der Waals surface area (Å²) in [5.41, 5.74) is 0. The minimum atomic E-state index is 0.103. The van der Waals surface area contributed by atoms with E-state index in [1.165, 1.54) is 0 Å². The van der Waals surface area contributed by atoms with Crippen LogP contribution in [0.5, 0.6) is 0 Å². The van der Waals surface area contributed by atoms with E-state index < -0.39 is 0 Å². The van der Waals surface area contributed by atoms with Crippen LogP contribution in [0.15, 0.2) is 37.1 Å². The Morgan fingerprint density at radius 3 is 2.50 bits per heavy atom. The number of allylic oxidation sites excluding steroid dienone is 3. The second kappa shape index (κ2) is 5.60. The van der Waals surface area contributed by atoms with Crippen molar-refractivity contribution in [2.75, 3.05) is 13.1 Å². The molecule has 0 bridgehead atoms. The lowest BCUT2D eigenvalue weighted by atomic mass is 10.1. The minimum absolute atomic E-state index is 0.103. The molecule has 2 nitrogen and oxygen atoms in total. The van der Waals surface area contributed by atoms with Crippen LogP contribution in [0.3, 0.4) is 0 Å². The van der Waals surface area contributed by atoms with E-state index in [1.807, 2.05) is 0 Å². The van der Waals surface area contributed by atoms with Crippen LogP contribution in [0, 0.1) is 0 Å². The SMILES string of the molecule is C=C/C=C(\C=C)OC1CCN(F)CC1. The molecule has 14 heavy (non-hydrogen) atoms. The third-order valence-corrected chi connectivity index (χ3v) is 2.17. The third kappa shape index (κ3) is 3.34. The molecule has 78 valence electrons. The highest BCUT2D eigenvalue weighted by Gasteiger charge is 2.19. The summed E-state index contributed by atoms with van der Waals surface area (Å²) in [4.78, 5) is 0. The van der Waals surface area contributed by atoms with Crippen LogP contribution in [0.25, 0.3) is 0 Å². The smallest absolute Gasteiger partial charge is 0.119 e. The van der Waals surface area contributed by atoms with Crippen molar-refractivity contribution in [2.45, 2.75) is 18.9 Å². The first kappa shape index (κ1) is 11.0. The van der Waals surface area contributed by atoms with Crippen molar-refractivity contribution in [3.8, 4) is 0 Å². The van der Waals surface area contributed by atoms with E-state index >= 15 is 0 Å². The average molecular weight is 197 g/mol. The summed E-state index contributed by atoms with van der Waals surface area (Å²) in [5, 5.41) is 0.824. The van der Waals surface area contributed by atoms with Gasteiger partial charge in [0.1, 0.15) is 11.9 Å². The van der Waals surface area contributed by atoms with Gasteiger partial charge in [0.25, 0.3) is 0 Å². The summed E-state index contributed by atoms with van der Waals surface area (Å²) in [6, 6.07) is 0. The van der Waals surface area contributed by atoms with Gasteiger partial charge in [-0.3, -0.25) is 0 Å². The lowest BCUT2D eigenvalue weighted by molar-refractivity contribution is -0.0395. The number of piperidine rings is 1. The number of halogens is 1. The first-order valence-electron chi connectivity index (χ1n) is 4.78. The fourth-order valence-corrected chi connectivity index (χ4v) is 1.41. The van der Waals surface area contributed by atoms with Gasteiger partial charge in [-0.05, 0) is 25.0 Å². The normalized spacial score (nSPS) is 20.5. The van der Waals surface area contributed by atoms with E-state index in [0.717, 1.165) is 18.0 Å². The second-order valence-electron chi connectivity index (χ2n) is 3.24. The quantitative estimate of drug-likeness (QED) is 0.390. The molecular formula is C11H16FNO. The topological polar surface area (TPSA) is 12.5 Å². The van der Waals surface area contributed by atoms with Gasteiger partial charge in [-0.2, -0.15) is 0 Å². The molecule has 0 N–H and O–H groups in total. The predicted molar refractivity (Wildman–Crippen MR) is 55.3 cm³/mol. The van der Waals surface area contributed by atoms with Crippen molar-refractivity contribution in [3.63, 3.8) is 0 Å². The van der Waals surface area contributed by atoms with Crippen molar-refractivity contribution in [3.05, 3.63) is 37.1 Å². The molecule has 1 rings (SSSR count). The van der Waals surface area contributed by atoms with Gasteiger partial charge in [-0.1, -0.05) is 19.2 Å². The molecule has 0 aliphatic carbocycles. The lowest BCUT2D eigenvalue weighted by Crippen LogP contribution is -2.31. The molecule has 1 heterocycles. The summed E-state index contributed by atoms with van der Waals surface area (Å²) < 4.78 is 18.3. The van der Waals surface area contributed by atoms with Crippen molar-refractivity contribution >= 4 is 0 Å². The van der Waals surface area contributed by atoms with Crippen LogP contribution in [-0.2, 0) is 4.74 Å². The Hall–Kier alpha value is -1.09. The minimum Gasteiger partial charge on any atom is -0.490 e. The number of ether oxygens (including phenoxy) is 1. The first-order chi connectivity index (χ1) is 6.76. The van der Waals surface area contributed by atoms with Gasteiger partial charge in [0.15, 0.2) is 0 Å². The third-order valence-electron chi connectivity index (χ3n) is 2.17. The van der Waals surface area contributed by atoms with Crippen molar-refractivity contribution in [1.29, 1.82) is 0 Å². The van der Waals surface area contributed by atoms with Crippen LogP contribution in [-0.4, -0.2) is 24.3 Å². The van der Waals surface area contributed by atoms with Gasteiger partial charge < -0.3 is 4.74 Å². The Morgan fingerprint density at radius 2 is 2.00 bits per heavy atom. The van der Waals surface area contributed by atoms with E-state index in [-0.39, 0.29) is 6.10 Å². The second-order valence-corrected chi connectivity index (χ2v) is 3.24. The number of rotatable bonds is 4. The van der Waals surface area contributed by atoms with E-state index in [4.69, 9.17) is 4.74 Å². The standard InChI is InChI=1S/C11H16FNO/c1-3-5-10(4-2)14-11-6-8-13(12)9-7-11/h3-5,11H,1-2,6-9H2/b10-5+. The highest BCUT2D eigenvalue weighted by molar-refractivity contribution is 5.15. The zero-order chi connectivity index (χ0) is 10.4. The molecule has 0 spiro atoms. The molecule has 3 heteroatoms. The van der Waals surface area contributed by atoms with Gasteiger partial charge in [-0.15, -0.1) is 9.60 Å². The van der Waals surface area contributed by atoms with E-state index in [1.54, 1.807) is 18.2 Å².